The van der Waals surface area contributed by atoms with Crippen molar-refractivity contribution < 1.29 is 9.53 Å². The number of nitrogens with two attached hydrogens (primary N) is 1. The fourth-order valence-corrected chi connectivity index (χ4v) is 1.32. The van der Waals surface area contributed by atoms with Gasteiger partial charge in [0.05, 0.1) is 18.6 Å². The van der Waals surface area contributed by atoms with E-state index in [0.717, 1.165) is 5.69 Å². The Morgan fingerprint density at radius 1 is 1.64 bits per heavy atom. The summed E-state index contributed by atoms with van der Waals surface area (Å²) in [7, 11) is 1.37. The Hall–Kier alpha value is -1.29. The predicted octanol–water partition coefficient (Wildman–Crippen LogP) is 1.21. The molecule has 4 nitrogen and oxygen atoms in total. The van der Waals surface area contributed by atoms with Gasteiger partial charge in [0.2, 0.25) is 0 Å². The Balaban J connectivity index is 2.88. The standard InChI is InChI=1S/C10H16N2O2/c1-10(2,9(13)14-3)8(11)7-5-4-6-12-7/h4-6,8,12H,11H2,1-3H3. The Morgan fingerprint density at radius 3 is 2.71 bits per heavy atom. The number of hydrogen-bond donors (Lipinski definition) is 2. The van der Waals surface area contributed by atoms with Crippen LogP contribution >= 0.6 is 0 Å². The van der Waals surface area contributed by atoms with Gasteiger partial charge in [-0.2, -0.15) is 0 Å². The zero-order valence-corrected chi connectivity index (χ0v) is 8.70. The Kier molecular flexibility index (Phi) is 2.96. The van der Waals surface area contributed by atoms with Gasteiger partial charge in [-0.3, -0.25) is 4.79 Å². The molecule has 0 fully saturated rings. The lowest BCUT2D eigenvalue weighted by molar-refractivity contribution is -0.152. The van der Waals surface area contributed by atoms with Crippen LogP contribution in [0.5, 0.6) is 0 Å². The molecule has 14 heavy (non-hydrogen) atoms. The van der Waals surface area contributed by atoms with E-state index in [4.69, 9.17) is 10.5 Å². The number of esters is 1. The van der Waals surface area contributed by atoms with Crippen molar-refractivity contribution in [2.45, 2.75) is 19.9 Å². The first-order valence-corrected chi connectivity index (χ1v) is 4.47. The van der Waals surface area contributed by atoms with E-state index in [2.05, 4.69) is 4.98 Å². The average molecular weight is 196 g/mol. The van der Waals surface area contributed by atoms with E-state index in [9.17, 15) is 4.79 Å². The molecular formula is C10H16N2O2. The quantitative estimate of drug-likeness (QED) is 0.714. The summed E-state index contributed by atoms with van der Waals surface area (Å²) in [6.45, 7) is 3.54. The third-order valence-corrected chi connectivity index (χ3v) is 2.45. The Labute approximate surface area is 83.4 Å². The lowest BCUT2D eigenvalue weighted by Crippen LogP contribution is -2.37. The molecule has 1 aromatic rings. The van der Waals surface area contributed by atoms with Gasteiger partial charge in [-0.25, -0.2) is 0 Å². The summed E-state index contributed by atoms with van der Waals surface area (Å²) in [6.07, 6.45) is 1.78. The molecule has 0 saturated carbocycles. The van der Waals surface area contributed by atoms with Crippen molar-refractivity contribution in [1.29, 1.82) is 0 Å². The summed E-state index contributed by atoms with van der Waals surface area (Å²) in [5.74, 6) is -0.306. The highest BCUT2D eigenvalue weighted by atomic mass is 16.5. The molecule has 0 saturated heterocycles. The van der Waals surface area contributed by atoms with Crippen molar-refractivity contribution in [2.75, 3.05) is 7.11 Å². The predicted molar refractivity (Wildman–Crippen MR) is 53.5 cm³/mol. The van der Waals surface area contributed by atoms with Crippen molar-refractivity contribution in [2.24, 2.45) is 11.1 Å². The second-order valence-electron chi connectivity index (χ2n) is 3.82. The molecule has 1 atom stereocenters. The molecule has 0 radical (unpaired) electrons. The molecular weight excluding hydrogens is 180 g/mol. The van der Waals surface area contributed by atoms with Crippen molar-refractivity contribution in [3.8, 4) is 0 Å². The van der Waals surface area contributed by atoms with Gasteiger partial charge in [0.25, 0.3) is 0 Å². The molecule has 0 aliphatic rings. The van der Waals surface area contributed by atoms with Crippen LogP contribution in [0.3, 0.4) is 0 Å². The van der Waals surface area contributed by atoms with Crippen molar-refractivity contribution >= 4 is 5.97 Å². The van der Waals surface area contributed by atoms with Gasteiger partial charge < -0.3 is 15.5 Å². The SMILES string of the molecule is COC(=O)C(C)(C)C(N)c1ccc[nH]1. The fourth-order valence-electron chi connectivity index (χ4n) is 1.32. The number of nitrogens with one attached hydrogen (secondary N) is 1. The third-order valence-electron chi connectivity index (χ3n) is 2.45. The summed E-state index contributed by atoms with van der Waals surface area (Å²) in [4.78, 5) is 14.4. The first-order chi connectivity index (χ1) is 6.50. The molecule has 1 unspecified atom stereocenters. The van der Waals surface area contributed by atoms with E-state index >= 15 is 0 Å². The van der Waals surface area contributed by atoms with Crippen LogP contribution < -0.4 is 5.73 Å². The number of hydrogen-bond acceptors (Lipinski definition) is 3. The molecule has 0 bridgehead atoms. The minimum Gasteiger partial charge on any atom is -0.469 e. The van der Waals surface area contributed by atoms with Crippen LogP contribution in [-0.2, 0) is 9.53 Å². The molecule has 0 aromatic carbocycles. The Morgan fingerprint density at radius 2 is 2.29 bits per heavy atom. The van der Waals surface area contributed by atoms with Crippen molar-refractivity contribution in [1.82, 2.24) is 4.98 Å². The number of ether oxygens (including phenoxy) is 1. The molecule has 3 N–H and O–H groups in total. The molecule has 4 heteroatoms. The first-order valence-electron chi connectivity index (χ1n) is 4.47. The molecule has 0 amide bonds. The highest BCUT2D eigenvalue weighted by Gasteiger charge is 2.36. The number of carbonyl (C=O) groups excluding carboxylic acids is 1. The van der Waals surface area contributed by atoms with Crippen molar-refractivity contribution in [3.05, 3.63) is 24.0 Å². The number of aromatic amines is 1. The number of rotatable bonds is 3. The second-order valence-corrected chi connectivity index (χ2v) is 3.82. The number of methoxy groups -OCH3 is 1. The summed E-state index contributed by atoms with van der Waals surface area (Å²) in [6, 6.07) is 3.32. The van der Waals surface area contributed by atoms with E-state index in [1.54, 1.807) is 20.0 Å². The maximum absolute atomic E-state index is 11.5. The topological polar surface area (TPSA) is 68.1 Å². The average Bonchev–Trinajstić information content (AvgIpc) is 2.67. The summed E-state index contributed by atoms with van der Waals surface area (Å²) < 4.78 is 4.70. The zero-order chi connectivity index (χ0) is 10.8. The van der Waals surface area contributed by atoms with E-state index in [0.29, 0.717) is 0 Å². The molecule has 0 aliphatic carbocycles. The van der Waals surface area contributed by atoms with Gasteiger partial charge in [-0.15, -0.1) is 0 Å². The van der Waals surface area contributed by atoms with Crippen LogP contribution in [0, 0.1) is 5.41 Å². The second kappa shape index (κ2) is 3.84. The van der Waals surface area contributed by atoms with Gasteiger partial charge in [0.1, 0.15) is 0 Å². The third kappa shape index (κ3) is 1.80. The van der Waals surface area contributed by atoms with E-state index in [-0.39, 0.29) is 12.0 Å². The van der Waals surface area contributed by atoms with Gasteiger partial charge in [-0.05, 0) is 26.0 Å². The fraction of sp³-hybridized carbons (Fsp3) is 0.500. The molecule has 1 heterocycles. The minimum atomic E-state index is -0.723. The molecule has 0 aliphatic heterocycles. The molecule has 78 valence electrons. The Bertz CT molecular complexity index is 304. The molecule has 0 spiro atoms. The van der Waals surface area contributed by atoms with Crippen LogP contribution in [0.2, 0.25) is 0 Å². The van der Waals surface area contributed by atoms with Gasteiger partial charge >= 0.3 is 5.97 Å². The van der Waals surface area contributed by atoms with Crippen LogP contribution in [0.4, 0.5) is 0 Å². The van der Waals surface area contributed by atoms with Crippen LogP contribution in [0.1, 0.15) is 25.6 Å². The lowest BCUT2D eigenvalue weighted by Gasteiger charge is -2.27. The first kappa shape index (κ1) is 10.8. The number of carbonyl (C=O) groups is 1. The monoisotopic (exact) mass is 196 g/mol. The maximum atomic E-state index is 11.5. The summed E-state index contributed by atoms with van der Waals surface area (Å²) in [5.41, 5.74) is 6.07. The minimum absolute atomic E-state index is 0.306. The van der Waals surface area contributed by atoms with E-state index < -0.39 is 5.41 Å². The van der Waals surface area contributed by atoms with Gasteiger partial charge in [0, 0.05) is 11.9 Å². The molecule has 1 aromatic heterocycles. The van der Waals surface area contributed by atoms with Crippen LogP contribution in [0.25, 0.3) is 0 Å². The smallest absolute Gasteiger partial charge is 0.313 e. The lowest BCUT2D eigenvalue weighted by atomic mass is 9.83. The van der Waals surface area contributed by atoms with E-state index in [1.807, 2.05) is 12.1 Å². The highest BCUT2D eigenvalue weighted by molar-refractivity contribution is 5.76. The van der Waals surface area contributed by atoms with Crippen LogP contribution in [0.15, 0.2) is 18.3 Å². The normalized spacial score (nSPS) is 13.7. The van der Waals surface area contributed by atoms with Crippen molar-refractivity contribution in [3.63, 3.8) is 0 Å². The summed E-state index contributed by atoms with van der Waals surface area (Å²) in [5, 5.41) is 0. The van der Waals surface area contributed by atoms with E-state index in [1.165, 1.54) is 7.11 Å². The highest BCUT2D eigenvalue weighted by Crippen LogP contribution is 2.31. The van der Waals surface area contributed by atoms with Crippen LogP contribution in [-0.4, -0.2) is 18.1 Å². The number of H-pyrrole nitrogens is 1. The van der Waals surface area contributed by atoms with Gasteiger partial charge in [-0.1, -0.05) is 0 Å². The zero-order valence-electron chi connectivity index (χ0n) is 8.70. The number of aromatic nitrogens is 1. The largest absolute Gasteiger partial charge is 0.469 e. The molecule has 1 rings (SSSR count). The summed E-state index contributed by atoms with van der Waals surface area (Å²) >= 11 is 0. The van der Waals surface area contributed by atoms with Gasteiger partial charge in [0.15, 0.2) is 0 Å². The maximum Gasteiger partial charge on any atom is 0.313 e.